The predicted molar refractivity (Wildman–Crippen MR) is 45.5 cm³/mol. The van der Waals surface area contributed by atoms with Crippen molar-refractivity contribution < 1.29 is 13.9 Å². The predicted octanol–water partition coefficient (Wildman–Crippen LogP) is 1.73. The van der Waals surface area contributed by atoms with Crippen LogP contribution in [0.5, 0.6) is 5.75 Å². The normalized spacial score (nSPS) is 12.9. The number of phenolic OH excluding ortho intramolecular Hbond substituents is 1. The molecule has 1 unspecified atom stereocenters. The first-order chi connectivity index (χ1) is 6.06. The quantitative estimate of drug-likeness (QED) is 0.740. The smallest absolute Gasteiger partial charge is 0.133 e. The van der Waals surface area contributed by atoms with Crippen molar-refractivity contribution in [3.8, 4) is 5.75 Å². The highest BCUT2D eigenvalue weighted by Gasteiger charge is 2.15. The van der Waals surface area contributed by atoms with Gasteiger partial charge in [0.1, 0.15) is 17.4 Å². The second kappa shape index (κ2) is 3.70. The van der Waals surface area contributed by atoms with E-state index in [0.29, 0.717) is 0 Å². The molecular formula is C9H11F2NO. The van der Waals surface area contributed by atoms with Crippen LogP contribution >= 0.6 is 0 Å². The molecule has 0 aliphatic carbocycles. The van der Waals surface area contributed by atoms with Crippen LogP contribution in [0.1, 0.15) is 18.4 Å². The summed E-state index contributed by atoms with van der Waals surface area (Å²) in [4.78, 5) is 0. The van der Waals surface area contributed by atoms with Gasteiger partial charge in [0.15, 0.2) is 0 Å². The van der Waals surface area contributed by atoms with Crippen molar-refractivity contribution in [2.75, 3.05) is 6.54 Å². The molecule has 0 saturated carbocycles. The molecule has 1 atom stereocenters. The van der Waals surface area contributed by atoms with Crippen LogP contribution in [0, 0.1) is 11.6 Å². The van der Waals surface area contributed by atoms with Crippen molar-refractivity contribution >= 4 is 0 Å². The number of benzene rings is 1. The molecule has 13 heavy (non-hydrogen) atoms. The minimum Gasteiger partial charge on any atom is -0.508 e. The molecule has 0 saturated heterocycles. The summed E-state index contributed by atoms with van der Waals surface area (Å²) < 4.78 is 26.2. The molecule has 3 N–H and O–H groups in total. The first-order valence-corrected chi connectivity index (χ1v) is 3.94. The van der Waals surface area contributed by atoms with Crippen LogP contribution in [0.15, 0.2) is 12.1 Å². The first kappa shape index (κ1) is 9.92. The Bertz CT molecular complexity index is 291. The molecule has 1 aromatic rings. The lowest BCUT2D eigenvalue weighted by Crippen LogP contribution is -2.12. The molecule has 0 heterocycles. The van der Waals surface area contributed by atoms with Gasteiger partial charge in [-0.25, -0.2) is 8.78 Å². The third kappa shape index (κ3) is 1.95. The van der Waals surface area contributed by atoms with E-state index in [4.69, 9.17) is 10.8 Å². The van der Waals surface area contributed by atoms with E-state index in [9.17, 15) is 8.78 Å². The highest BCUT2D eigenvalue weighted by atomic mass is 19.1. The van der Waals surface area contributed by atoms with Gasteiger partial charge in [0.25, 0.3) is 0 Å². The van der Waals surface area contributed by atoms with Gasteiger partial charge in [-0.15, -0.1) is 0 Å². The van der Waals surface area contributed by atoms with E-state index in [1.165, 1.54) is 0 Å². The Morgan fingerprint density at radius 3 is 2.23 bits per heavy atom. The third-order valence-electron chi connectivity index (χ3n) is 1.91. The summed E-state index contributed by atoms with van der Waals surface area (Å²) in [6, 6.07) is 1.76. The van der Waals surface area contributed by atoms with Gasteiger partial charge >= 0.3 is 0 Å². The molecule has 72 valence electrons. The van der Waals surface area contributed by atoms with Gasteiger partial charge in [0.05, 0.1) is 0 Å². The van der Waals surface area contributed by atoms with Crippen LogP contribution in [0.2, 0.25) is 0 Å². The van der Waals surface area contributed by atoms with E-state index in [1.54, 1.807) is 6.92 Å². The molecule has 4 heteroatoms. The van der Waals surface area contributed by atoms with E-state index >= 15 is 0 Å². The maximum Gasteiger partial charge on any atom is 0.133 e. The lowest BCUT2D eigenvalue weighted by molar-refractivity contribution is 0.453. The van der Waals surface area contributed by atoms with Gasteiger partial charge < -0.3 is 10.8 Å². The zero-order valence-electron chi connectivity index (χ0n) is 7.22. The molecule has 0 aromatic heterocycles. The van der Waals surface area contributed by atoms with Crippen molar-refractivity contribution in [3.05, 3.63) is 29.3 Å². The Kier molecular flexibility index (Phi) is 2.83. The highest BCUT2D eigenvalue weighted by Crippen LogP contribution is 2.25. The molecule has 0 aliphatic heterocycles. The number of halogens is 2. The second-order valence-electron chi connectivity index (χ2n) is 2.96. The van der Waals surface area contributed by atoms with E-state index in [2.05, 4.69) is 0 Å². The molecule has 1 rings (SSSR count). The van der Waals surface area contributed by atoms with Gasteiger partial charge in [0.2, 0.25) is 0 Å². The number of nitrogens with two attached hydrogens (primary N) is 1. The molecule has 0 radical (unpaired) electrons. The molecule has 0 aliphatic rings. The molecule has 0 spiro atoms. The zero-order valence-corrected chi connectivity index (χ0v) is 7.22. The average Bonchev–Trinajstić information content (AvgIpc) is 2.02. The number of phenols is 1. The van der Waals surface area contributed by atoms with E-state index in [1.807, 2.05) is 0 Å². The number of hydrogen-bond donors (Lipinski definition) is 2. The van der Waals surface area contributed by atoms with Crippen molar-refractivity contribution in [2.24, 2.45) is 5.73 Å². The fraction of sp³-hybridized carbons (Fsp3) is 0.333. The zero-order chi connectivity index (χ0) is 10.0. The van der Waals surface area contributed by atoms with Gasteiger partial charge in [-0.1, -0.05) is 6.92 Å². The minimum atomic E-state index is -0.754. The largest absolute Gasteiger partial charge is 0.508 e. The Balaban J connectivity index is 3.20. The number of hydrogen-bond acceptors (Lipinski definition) is 2. The second-order valence-corrected chi connectivity index (χ2v) is 2.96. The summed E-state index contributed by atoms with van der Waals surface area (Å²) in [5, 5.41) is 8.86. The molecular weight excluding hydrogens is 176 g/mol. The monoisotopic (exact) mass is 187 g/mol. The van der Waals surface area contributed by atoms with Gasteiger partial charge in [0, 0.05) is 17.7 Å². The Hall–Kier alpha value is -1.16. The lowest BCUT2D eigenvalue weighted by atomic mass is 10.00. The number of aromatic hydroxyl groups is 1. The topological polar surface area (TPSA) is 46.2 Å². The van der Waals surface area contributed by atoms with Crippen LogP contribution in [0.25, 0.3) is 0 Å². The Labute approximate surface area is 75.0 Å². The maximum atomic E-state index is 13.1. The van der Waals surface area contributed by atoms with Crippen LogP contribution < -0.4 is 5.73 Å². The van der Waals surface area contributed by atoms with Crippen molar-refractivity contribution in [2.45, 2.75) is 12.8 Å². The van der Waals surface area contributed by atoms with Gasteiger partial charge in [-0.2, -0.15) is 0 Å². The Morgan fingerprint density at radius 2 is 1.85 bits per heavy atom. The lowest BCUT2D eigenvalue weighted by Gasteiger charge is -2.11. The molecule has 0 fully saturated rings. The van der Waals surface area contributed by atoms with E-state index in [0.717, 1.165) is 12.1 Å². The van der Waals surface area contributed by atoms with Crippen LogP contribution in [0.4, 0.5) is 8.78 Å². The summed E-state index contributed by atoms with van der Waals surface area (Å²) in [5.41, 5.74) is 5.21. The first-order valence-electron chi connectivity index (χ1n) is 3.94. The number of rotatable bonds is 2. The van der Waals surface area contributed by atoms with Crippen molar-refractivity contribution in [1.29, 1.82) is 0 Å². The van der Waals surface area contributed by atoms with E-state index < -0.39 is 17.4 Å². The fourth-order valence-corrected chi connectivity index (χ4v) is 1.16. The van der Waals surface area contributed by atoms with Gasteiger partial charge in [-0.3, -0.25) is 0 Å². The summed E-state index contributed by atoms with van der Waals surface area (Å²) in [6.07, 6.45) is 0. The van der Waals surface area contributed by atoms with Crippen LogP contribution in [-0.2, 0) is 0 Å². The molecule has 0 amide bonds. The van der Waals surface area contributed by atoms with Crippen molar-refractivity contribution in [3.63, 3.8) is 0 Å². The third-order valence-corrected chi connectivity index (χ3v) is 1.91. The van der Waals surface area contributed by atoms with Gasteiger partial charge in [-0.05, 0) is 12.5 Å². The van der Waals surface area contributed by atoms with Crippen LogP contribution in [0.3, 0.4) is 0 Å². The SMILES string of the molecule is CC(CN)c1c(F)cc(O)cc1F. The molecule has 0 bridgehead atoms. The fourth-order valence-electron chi connectivity index (χ4n) is 1.16. The summed E-state index contributed by atoms with van der Waals surface area (Å²) in [5.74, 6) is -2.31. The summed E-state index contributed by atoms with van der Waals surface area (Å²) in [6.45, 7) is 1.79. The summed E-state index contributed by atoms with van der Waals surface area (Å²) in [7, 11) is 0. The summed E-state index contributed by atoms with van der Waals surface area (Å²) >= 11 is 0. The van der Waals surface area contributed by atoms with Crippen LogP contribution in [-0.4, -0.2) is 11.7 Å². The minimum absolute atomic E-state index is 0.0692. The molecule has 1 aromatic carbocycles. The van der Waals surface area contributed by atoms with Crippen molar-refractivity contribution in [1.82, 2.24) is 0 Å². The highest BCUT2D eigenvalue weighted by molar-refractivity contribution is 5.31. The Morgan fingerprint density at radius 1 is 1.38 bits per heavy atom. The van der Waals surface area contributed by atoms with E-state index in [-0.39, 0.29) is 18.0 Å². The average molecular weight is 187 g/mol. The standard InChI is InChI=1S/C9H11F2NO/c1-5(4-12)9-7(10)2-6(13)3-8(9)11/h2-3,5,13H,4,12H2,1H3. The maximum absolute atomic E-state index is 13.1. The molecule has 2 nitrogen and oxygen atoms in total.